The van der Waals surface area contributed by atoms with E-state index in [-0.39, 0.29) is 11.9 Å². The Morgan fingerprint density at radius 3 is 2.22 bits per heavy atom. The monoisotopic (exact) mass is 369 g/mol. The van der Waals surface area contributed by atoms with Crippen molar-refractivity contribution in [2.75, 3.05) is 0 Å². The molecular weight excluding hydrogens is 336 g/mol. The maximum atomic E-state index is 12.1. The molecule has 2 N–H and O–H groups in total. The first kappa shape index (κ1) is 21.1. The molecule has 0 radical (unpaired) electrons. The molecule has 4 heteroatoms. The van der Waals surface area contributed by atoms with Crippen LogP contribution < -0.4 is 9.88 Å². The van der Waals surface area contributed by atoms with Gasteiger partial charge < -0.3 is 10.4 Å². The summed E-state index contributed by atoms with van der Waals surface area (Å²) in [5.41, 5.74) is 0.832. The van der Waals surface area contributed by atoms with E-state index < -0.39 is 6.10 Å². The zero-order chi connectivity index (χ0) is 19.3. The van der Waals surface area contributed by atoms with Gasteiger partial charge in [0.15, 0.2) is 12.4 Å². The average Bonchev–Trinajstić information content (AvgIpc) is 2.70. The van der Waals surface area contributed by atoms with E-state index in [0.717, 1.165) is 24.9 Å². The number of benzene rings is 1. The number of aliphatic hydroxyl groups is 1. The number of unbranched alkanes of at least 4 members (excludes halogenated alkanes) is 5. The van der Waals surface area contributed by atoms with Gasteiger partial charge in [-0.2, -0.15) is 0 Å². The van der Waals surface area contributed by atoms with Crippen LogP contribution in [0.3, 0.4) is 0 Å². The highest BCUT2D eigenvalue weighted by Crippen LogP contribution is 2.16. The first-order valence-electron chi connectivity index (χ1n) is 10.1. The van der Waals surface area contributed by atoms with Gasteiger partial charge in [0.05, 0.1) is 12.1 Å². The van der Waals surface area contributed by atoms with Crippen LogP contribution in [0.4, 0.5) is 0 Å². The van der Waals surface area contributed by atoms with Crippen LogP contribution in [0, 0.1) is 0 Å². The summed E-state index contributed by atoms with van der Waals surface area (Å²) in [6.07, 6.45) is 10.9. The Morgan fingerprint density at radius 2 is 1.52 bits per heavy atom. The molecule has 0 aliphatic rings. The van der Waals surface area contributed by atoms with Gasteiger partial charge >= 0.3 is 0 Å². The van der Waals surface area contributed by atoms with E-state index in [0.29, 0.717) is 6.42 Å². The maximum Gasteiger partial charge on any atom is 0.220 e. The molecule has 0 unspecified atom stereocenters. The number of carbonyl (C=O) groups excluding carboxylic acids is 1. The minimum absolute atomic E-state index is 0.0259. The lowest BCUT2D eigenvalue weighted by atomic mass is 10.0. The summed E-state index contributed by atoms with van der Waals surface area (Å²) < 4.78 is 2.22. The lowest BCUT2D eigenvalue weighted by molar-refractivity contribution is -0.697. The summed E-state index contributed by atoms with van der Waals surface area (Å²) in [4.78, 5) is 12.1. The lowest BCUT2D eigenvalue weighted by Gasteiger charge is -2.20. The van der Waals surface area contributed by atoms with E-state index in [1.807, 2.05) is 43.3 Å². The van der Waals surface area contributed by atoms with Gasteiger partial charge in [-0.15, -0.1) is 0 Å². The summed E-state index contributed by atoms with van der Waals surface area (Å²) in [5, 5.41) is 13.2. The first-order chi connectivity index (χ1) is 13.2. The van der Waals surface area contributed by atoms with Gasteiger partial charge in [0.25, 0.3) is 0 Å². The molecule has 0 spiro atoms. The van der Waals surface area contributed by atoms with E-state index >= 15 is 0 Å². The fourth-order valence-electron chi connectivity index (χ4n) is 3.21. The predicted molar refractivity (Wildman–Crippen MR) is 108 cm³/mol. The van der Waals surface area contributed by atoms with Crippen molar-refractivity contribution < 1.29 is 14.5 Å². The molecule has 2 atom stereocenters. The van der Waals surface area contributed by atoms with Crippen molar-refractivity contribution in [3.63, 3.8) is 0 Å². The van der Waals surface area contributed by atoms with Crippen LogP contribution in [0.5, 0.6) is 0 Å². The number of carbonyl (C=O) groups is 1. The van der Waals surface area contributed by atoms with Gasteiger partial charge in [0, 0.05) is 25.0 Å². The van der Waals surface area contributed by atoms with Crippen molar-refractivity contribution in [2.24, 2.45) is 0 Å². The highest BCUT2D eigenvalue weighted by Gasteiger charge is 2.17. The molecule has 0 aliphatic heterocycles. The lowest BCUT2D eigenvalue weighted by Crippen LogP contribution is -2.36. The van der Waals surface area contributed by atoms with E-state index in [1.165, 1.54) is 25.7 Å². The molecule has 146 valence electrons. The molecule has 1 amide bonds. The predicted octanol–water partition coefficient (Wildman–Crippen LogP) is 3.94. The zero-order valence-corrected chi connectivity index (χ0v) is 16.4. The number of aryl methyl sites for hydroxylation is 1. The fraction of sp³-hybridized carbons (Fsp3) is 0.478. The molecule has 1 aromatic carbocycles. The van der Waals surface area contributed by atoms with Crippen LogP contribution in [0.25, 0.3) is 0 Å². The van der Waals surface area contributed by atoms with E-state index in [4.69, 9.17) is 0 Å². The van der Waals surface area contributed by atoms with E-state index in [9.17, 15) is 9.90 Å². The Labute approximate surface area is 163 Å². The largest absolute Gasteiger partial charge is 0.386 e. The maximum absolute atomic E-state index is 12.1. The number of rotatable bonds is 12. The topological polar surface area (TPSA) is 53.2 Å². The van der Waals surface area contributed by atoms with Gasteiger partial charge in [0.2, 0.25) is 5.91 Å². The molecule has 1 heterocycles. The van der Waals surface area contributed by atoms with Crippen LogP contribution in [-0.2, 0) is 11.3 Å². The summed E-state index contributed by atoms with van der Waals surface area (Å²) in [7, 11) is 0. The fourth-order valence-corrected chi connectivity index (χ4v) is 3.21. The Bertz CT molecular complexity index is 646. The van der Waals surface area contributed by atoms with Gasteiger partial charge in [-0.25, -0.2) is 4.57 Å². The van der Waals surface area contributed by atoms with Crippen LogP contribution in [0.15, 0.2) is 60.9 Å². The number of hydrogen-bond acceptors (Lipinski definition) is 2. The minimum Gasteiger partial charge on any atom is -0.386 e. The molecule has 0 aliphatic carbocycles. The van der Waals surface area contributed by atoms with Crippen molar-refractivity contribution in [2.45, 2.75) is 70.6 Å². The molecule has 1 aromatic heterocycles. The summed E-state index contributed by atoms with van der Waals surface area (Å²) in [6, 6.07) is 15.3. The molecule has 0 saturated carbocycles. The van der Waals surface area contributed by atoms with Gasteiger partial charge in [-0.05, 0) is 25.3 Å². The number of nitrogens with zero attached hydrogens (tertiary/aromatic N) is 1. The second-order valence-corrected chi connectivity index (χ2v) is 7.20. The van der Waals surface area contributed by atoms with Crippen molar-refractivity contribution in [1.29, 1.82) is 0 Å². The molecule has 27 heavy (non-hydrogen) atoms. The summed E-state index contributed by atoms with van der Waals surface area (Å²) in [5.74, 6) is 0.0259. The number of aromatic nitrogens is 1. The normalized spacial score (nSPS) is 13.1. The zero-order valence-electron chi connectivity index (χ0n) is 16.4. The highest BCUT2D eigenvalue weighted by molar-refractivity contribution is 5.76. The van der Waals surface area contributed by atoms with Crippen LogP contribution in [-0.4, -0.2) is 17.1 Å². The summed E-state index contributed by atoms with van der Waals surface area (Å²) in [6.45, 7) is 2.92. The van der Waals surface area contributed by atoms with Crippen LogP contribution in [0.1, 0.15) is 63.5 Å². The van der Waals surface area contributed by atoms with Gasteiger partial charge in [-0.1, -0.05) is 55.7 Å². The smallest absolute Gasteiger partial charge is 0.220 e. The number of aliphatic hydroxyl groups excluding tert-OH is 1. The van der Waals surface area contributed by atoms with E-state index in [2.05, 4.69) is 34.4 Å². The second kappa shape index (κ2) is 12.2. The van der Waals surface area contributed by atoms with Crippen LogP contribution in [0.2, 0.25) is 0 Å². The third-order valence-corrected chi connectivity index (χ3v) is 4.85. The summed E-state index contributed by atoms with van der Waals surface area (Å²) >= 11 is 0. The minimum atomic E-state index is -0.669. The molecular formula is C23H33N2O2+. The first-order valence-corrected chi connectivity index (χ1v) is 10.1. The quantitative estimate of drug-likeness (QED) is 0.440. The van der Waals surface area contributed by atoms with Crippen LogP contribution >= 0.6 is 0 Å². The second-order valence-electron chi connectivity index (χ2n) is 7.20. The van der Waals surface area contributed by atoms with E-state index in [1.54, 1.807) is 0 Å². The Morgan fingerprint density at radius 1 is 0.926 bits per heavy atom. The molecule has 4 nitrogen and oxygen atoms in total. The molecule has 2 rings (SSSR count). The van der Waals surface area contributed by atoms with Crippen molar-refractivity contribution in [1.82, 2.24) is 5.32 Å². The highest BCUT2D eigenvalue weighted by atomic mass is 16.3. The number of hydrogen-bond donors (Lipinski definition) is 2. The third kappa shape index (κ3) is 8.35. The SMILES string of the molecule is C[C@@H](NC(=O)CCCCCCCC[n+]1ccccc1)[C@@H](O)c1ccccc1. The van der Waals surface area contributed by atoms with Crippen molar-refractivity contribution in [3.8, 4) is 0 Å². The average molecular weight is 370 g/mol. The number of pyridine rings is 1. The molecule has 2 aromatic rings. The van der Waals surface area contributed by atoms with Crippen molar-refractivity contribution >= 4 is 5.91 Å². The van der Waals surface area contributed by atoms with Crippen molar-refractivity contribution in [3.05, 3.63) is 66.5 Å². The molecule has 0 saturated heterocycles. The Balaban J connectivity index is 1.49. The number of amides is 1. The van der Waals surface area contributed by atoms with Gasteiger partial charge in [-0.3, -0.25) is 4.79 Å². The number of nitrogens with one attached hydrogen (secondary N) is 1. The third-order valence-electron chi connectivity index (χ3n) is 4.85. The molecule has 0 fully saturated rings. The van der Waals surface area contributed by atoms with Gasteiger partial charge in [0.1, 0.15) is 6.54 Å². The molecule has 0 bridgehead atoms. The Kier molecular flexibility index (Phi) is 9.56. The standard InChI is InChI=1S/C23H32N2O2/c1-20(23(27)21-14-8-6-9-15-21)24-22(26)16-10-4-2-3-5-11-17-25-18-12-7-13-19-25/h6-9,12-15,18-20,23,27H,2-5,10-11,16-17H2,1H3/p+1/t20-,23-/m1/s1. The Hall–Kier alpha value is -2.20.